The summed E-state index contributed by atoms with van der Waals surface area (Å²) in [7, 11) is 0. The molecule has 0 unspecified atom stereocenters. The van der Waals surface area contributed by atoms with Gasteiger partial charge in [0.15, 0.2) is 0 Å². The summed E-state index contributed by atoms with van der Waals surface area (Å²) in [5, 5.41) is 3.01. The molecule has 0 rings (SSSR count). The van der Waals surface area contributed by atoms with Gasteiger partial charge in [0.2, 0.25) is 5.91 Å². The highest BCUT2D eigenvalue weighted by atomic mass is 16.2. The van der Waals surface area contributed by atoms with Crippen LogP contribution < -0.4 is 11.1 Å². The van der Waals surface area contributed by atoms with Gasteiger partial charge in [-0.2, -0.15) is 0 Å². The Morgan fingerprint density at radius 3 is 2.13 bits per heavy atom. The average Bonchev–Trinajstić information content (AvgIpc) is 2.14. The Morgan fingerprint density at radius 2 is 1.80 bits per heavy atom. The first-order valence-electron chi connectivity index (χ1n) is 5.80. The third kappa shape index (κ3) is 4.20. The van der Waals surface area contributed by atoms with Gasteiger partial charge in [-0.25, -0.2) is 0 Å². The minimum Gasteiger partial charge on any atom is -0.350 e. The summed E-state index contributed by atoms with van der Waals surface area (Å²) in [6, 6.07) is -0.395. The standard InChI is InChI=1S/C12H26N2O/c1-7-9(4)10(13)11(15)14-12(5,6)8(2)3/h8-10H,7,13H2,1-6H3,(H,14,15)/t9-,10-/m0/s1. The van der Waals surface area contributed by atoms with Crippen molar-refractivity contribution in [2.24, 2.45) is 17.6 Å². The van der Waals surface area contributed by atoms with Gasteiger partial charge in [-0.1, -0.05) is 34.1 Å². The van der Waals surface area contributed by atoms with Gasteiger partial charge in [-0.3, -0.25) is 4.79 Å². The van der Waals surface area contributed by atoms with E-state index in [2.05, 4.69) is 19.2 Å². The van der Waals surface area contributed by atoms with Crippen molar-refractivity contribution in [2.45, 2.75) is 59.5 Å². The molecule has 0 aromatic rings. The smallest absolute Gasteiger partial charge is 0.237 e. The topological polar surface area (TPSA) is 55.1 Å². The zero-order valence-corrected chi connectivity index (χ0v) is 10.9. The molecule has 0 saturated carbocycles. The molecule has 0 radical (unpaired) electrons. The second-order valence-electron chi connectivity index (χ2n) is 5.28. The van der Waals surface area contributed by atoms with Gasteiger partial charge in [0.05, 0.1) is 6.04 Å². The summed E-state index contributed by atoms with van der Waals surface area (Å²) in [5.74, 6) is 0.585. The summed E-state index contributed by atoms with van der Waals surface area (Å²) in [4.78, 5) is 11.8. The Kier molecular flexibility index (Phi) is 5.29. The van der Waals surface area contributed by atoms with Crippen molar-refractivity contribution < 1.29 is 4.79 Å². The summed E-state index contributed by atoms with van der Waals surface area (Å²) in [6.45, 7) is 12.3. The lowest BCUT2D eigenvalue weighted by Crippen LogP contribution is -2.54. The van der Waals surface area contributed by atoms with E-state index in [4.69, 9.17) is 5.73 Å². The lowest BCUT2D eigenvalue weighted by Gasteiger charge is -2.32. The molecule has 0 aromatic carbocycles. The number of carbonyl (C=O) groups is 1. The van der Waals surface area contributed by atoms with Crippen LogP contribution in [0.1, 0.15) is 48.0 Å². The fourth-order valence-corrected chi connectivity index (χ4v) is 1.06. The Hall–Kier alpha value is -0.570. The van der Waals surface area contributed by atoms with E-state index in [9.17, 15) is 4.79 Å². The van der Waals surface area contributed by atoms with Crippen molar-refractivity contribution in [2.75, 3.05) is 0 Å². The number of hydrogen-bond donors (Lipinski definition) is 2. The van der Waals surface area contributed by atoms with Gasteiger partial charge < -0.3 is 11.1 Å². The molecule has 0 spiro atoms. The van der Waals surface area contributed by atoms with E-state index < -0.39 is 6.04 Å². The molecule has 15 heavy (non-hydrogen) atoms. The second kappa shape index (κ2) is 5.50. The Morgan fingerprint density at radius 1 is 1.33 bits per heavy atom. The van der Waals surface area contributed by atoms with Crippen molar-refractivity contribution >= 4 is 5.91 Å². The average molecular weight is 214 g/mol. The zero-order chi connectivity index (χ0) is 12.2. The van der Waals surface area contributed by atoms with E-state index in [1.54, 1.807) is 0 Å². The lowest BCUT2D eigenvalue weighted by atomic mass is 9.89. The quantitative estimate of drug-likeness (QED) is 0.734. The number of nitrogens with one attached hydrogen (secondary N) is 1. The number of carbonyl (C=O) groups excluding carboxylic acids is 1. The van der Waals surface area contributed by atoms with Crippen LogP contribution in [0.15, 0.2) is 0 Å². The Balaban J connectivity index is 4.37. The largest absolute Gasteiger partial charge is 0.350 e. The fourth-order valence-electron chi connectivity index (χ4n) is 1.06. The van der Waals surface area contributed by atoms with Crippen LogP contribution in [0.5, 0.6) is 0 Å². The van der Waals surface area contributed by atoms with Crippen LogP contribution in [-0.2, 0) is 4.79 Å². The second-order valence-corrected chi connectivity index (χ2v) is 5.28. The van der Waals surface area contributed by atoms with Crippen LogP contribution in [0.2, 0.25) is 0 Å². The molecule has 1 amide bonds. The minimum atomic E-state index is -0.395. The van der Waals surface area contributed by atoms with Crippen molar-refractivity contribution in [1.82, 2.24) is 5.32 Å². The molecule has 0 aromatic heterocycles. The Bertz CT molecular complexity index is 212. The Labute approximate surface area is 93.8 Å². The summed E-state index contributed by atoms with van der Waals surface area (Å²) in [5.41, 5.74) is 5.67. The van der Waals surface area contributed by atoms with Gasteiger partial charge >= 0.3 is 0 Å². The number of rotatable bonds is 5. The van der Waals surface area contributed by atoms with Crippen LogP contribution in [0, 0.1) is 11.8 Å². The van der Waals surface area contributed by atoms with Crippen LogP contribution in [0.25, 0.3) is 0 Å². The maximum Gasteiger partial charge on any atom is 0.237 e. The van der Waals surface area contributed by atoms with Gasteiger partial charge in [0.25, 0.3) is 0 Å². The molecule has 0 aliphatic heterocycles. The summed E-state index contributed by atoms with van der Waals surface area (Å²) in [6.07, 6.45) is 0.927. The van der Waals surface area contributed by atoms with Crippen LogP contribution in [0.4, 0.5) is 0 Å². The molecule has 3 nitrogen and oxygen atoms in total. The van der Waals surface area contributed by atoms with Crippen molar-refractivity contribution in [3.63, 3.8) is 0 Å². The van der Waals surface area contributed by atoms with Gasteiger partial charge in [0.1, 0.15) is 0 Å². The van der Waals surface area contributed by atoms with E-state index in [0.29, 0.717) is 5.92 Å². The molecular weight excluding hydrogens is 188 g/mol. The van der Waals surface area contributed by atoms with E-state index in [-0.39, 0.29) is 17.4 Å². The SMILES string of the molecule is CC[C@H](C)[C@H](N)C(=O)NC(C)(C)C(C)C. The number of hydrogen-bond acceptors (Lipinski definition) is 2. The van der Waals surface area contributed by atoms with Crippen molar-refractivity contribution in [1.29, 1.82) is 0 Å². The summed E-state index contributed by atoms with van der Waals surface area (Å²) >= 11 is 0. The maximum absolute atomic E-state index is 11.8. The first-order valence-corrected chi connectivity index (χ1v) is 5.80. The molecule has 0 saturated heterocycles. The summed E-state index contributed by atoms with van der Waals surface area (Å²) < 4.78 is 0. The highest BCUT2D eigenvalue weighted by molar-refractivity contribution is 5.82. The third-order valence-electron chi connectivity index (χ3n) is 3.45. The highest BCUT2D eigenvalue weighted by Crippen LogP contribution is 2.16. The van der Waals surface area contributed by atoms with Crippen LogP contribution in [0.3, 0.4) is 0 Å². The molecule has 0 bridgehead atoms. The van der Waals surface area contributed by atoms with Crippen LogP contribution >= 0.6 is 0 Å². The molecular formula is C12H26N2O. The maximum atomic E-state index is 11.8. The first kappa shape index (κ1) is 14.4. The predicted molar refractivity (Wildman–Crippen MR) is 64.5 cm³/mol. The first-order chi connectivity index (χ1) is 6.72. The molecule has 3 N–H and O–H groups in total. The fraction of sp³-hybridized carbons (Fsp3) is 0.917. The molecule has 0 heterocycles. The molecule has 0 fully saturated rings. The number of nitrogens with two attached hydrogens (primary N) is 1. The van der Waals surface area contributed by atoms with E-state index in [0.717, 1.165) is 6.42 Å². The number of amides is 1. The predicted octanol–water partition coefficient (Wildman–Crippen LogP) is 1.91. The lowest BCUT2D eigenvalue weighted by molar-refractivity contribution is -0.125. The van der Waals surface area contributed by atoms with Crippen molar-refractivity contribution in [3.8, 4) is 0 Å². The van der Waals surface area contributed by atoms with E-state index in [1.807, 2.05) is 27.7 Å². The third-order valence-corrected chi connectivity index (χ3v) is 3.45. The molecule has 0 aliphatic rings. The van der Waals surface area contributed by atoms with E-state index in [1.165, 1.54) is 0 Å². The molecule has 0 aliphatic carbocycles. The minimum absolute atomic E-state index is 0.0388. The monoisotopic (exact) mass is 214 g/mol. The van der Waals surface area contributed by atoms with E-state index >= 15 is 0 Å². The molecule has 3 heteroatoms. The van der Waals surface area contributed by atoms with Crippen molar-refractivity contribution in [3.05, 3.63) is 0 Å². The van der Waals surface area contributed by atoms with Gasteiger partial charge in [-0.05, 0) is 25.7 Å². The van der Waals surface area contributed by atoms with Gasteiger partial charge in [-0.15, -0.1) is 0 Å². The van der Waals surface area contributed by atoms with Crippen LogP contribution in [-0.4, -0.2) is 17.5 Å². The molecule has 2 atom stereocenters. The highest BCUT2D eigenvalue weighted by Gasteiger charge is 2.28. The van der Waals surface area contributed by atoms with Gasteiger partial charge in [0, 0.05) is 5.54 Å². The molecule has 90 valence electrons. The normalized spacial score (nSPS) is 16.3. The zero-order valence-electron chi connectivity index (χ0n) is 10.9.